The number of nitrogen functional groups attached to an aromatic ring is 1. The molecule has 14 heavy (non-hydrogen) atoms. The highest BCUT2D eigenvalue weighted by atomic mass is 35.5. The third-order valence-electron chi connectivity index (χ3n) is 1.71. The van der Waals surface area contributed by atoms with Crippen LogP contribution in [-0.2, 0) is 11.2 Å². The van der Waals surface area contributed by atoms with Crippen molar-refractivity contribution in [1.82, 2.24) is 9.97 Å². The average Bonchev–Trinajstić information content (AvgIpc) is 2.15. The Bertz CT molecular complexity index is 368. The molecule has 1 rings (SSSR count). The number of nitrogens with zero attached hydrogens (tertiary/aromatic N) is 2. The lowest BCUT2D eigenvalue weighted by Gasteiger charge is -2.06. The van der Waals surface area contributed by atoms with Gasteiger partial charge in [-0.3, -0.25) is 0 Å². The Balaban J connectivity index is 3.32. The molecule has 0 unspecified atom stereocenters. The lowest BCUT2D eigenvalue weighted by molar-refractivity contribution is 0.0592. The lowest BCUT2D eigenvalue weighted by Crippen LogP contribution is -2.12. The normalized spacial score (nSPS) is 9.93. The summed E-state index contributed by atoms with van der Waals surface area (Å²) < 4.78 is 4.55. The van der Waals surface area contributed by atoms with Crippen molar-refractivity contribution in [3.63, 3.8) is 0 Å². The lowest BCUT2D eigenvalue weighted by atomic mass is 10.2. The van der Waals surface area contributed by atoms with Crippen LogP contribution in [0.25, 0.3) is 0 Å². The van der Waals surface area contributed by atoms with E-state index in [0.717, 1.165) is 0 Å². The maximum atomic E-state index is 11.3. The molecule has 0 aromatic carbocycles. The minimum absolute atomic E-state index is 0.0346. The molecule has 1 heterocycles. The van der Waals surface area contributed by atoms with Gasteiger partial charge in [-0.25, -0.2) is 14.8 Å². The van der Waals surface area contributed by atoms with E-state index in [-0.39, 0.29) is 16.8 Å². The predicted molar refractivity (Wildman–Crippen MR) is 52.2 cm³/mol. The first-order valence-corrected chi connectivity index (χ1v) is 4.38. The van der Waals surface area contributed by atoms with Crippen molar-refractivity contribution in [1.29, 1.82) is 0 Å². The van der Waals surface area contributed by atoms with E-state index in [4.69, 9.17) is 17.3 Å². The number of aromatic nitrogens is 2. The van der Waals surface area contributed by atoms with Crippen LogP contribution in [0.15, 0.2) is 0 Å². The van der Waals surface area contributed by atoms with Crippen molar-refractivity contribution in [3.05, 3.63) is 16.4 Å². The maximum absolute atomic E-state index is 11.3. The molecule has 1 aromatic rings. The van der Waals surface area contributed by atoms with E-state index < -0.39 is 5.97 Å². The van der Waals surface area contributed by atoms with Crippen LogP contribution in [0.5, 0.6) is 0 Å². The summed E-state index contributed by atoms with van der Waals surface area (Å²) in [4.78, 5) is 18.8. The fourth-order valence-corrected chi connectivity index (χ4v) is 1.36. The number of hydrogen-bond acceptors (Lipinski definition) is 5. The number of esters is 1. The minimum Gasteiger partial charge on any atom is -0.464 e. The van der Waals surface area contributed by atoms with Crippen LogP contribution in [0, 0.1) is 0 Å². The molecule has 0 radical (unpaired) electrons. The molecule has 0 fully saturated rings. The van der Waals surface area contributed by atoms with Crippen LogP contribution in [0.2, 0.25) is 5.15 Å². The fraction of sp³-hybridized carbons (Fsp3) is 0.375. The van der Waals surface area contributed by atoms with Crippen LogP contribution in [0.1, 0.15) is 23.0 Å². The van der Waals surface area contributed by atoms with E-state index in [9.17, 15) is 4.79 Å². The molecular formula is C8H10ClN3O2. The number of halogens is 1. The number of carbonyl (C=O) groups excluding carboxylic acids is 1. The van der Waals surface area contributed by atoms with Gasteiger partial charge >= 0.3 is 5.97 Å². The first kappa shape index (κ1) is 10.7. The van der Waals surface area contributed by atoms with Gasteiger partial charge in [-0.15, -0.1) is 0 Å². The van der Waals surface area contributed by atoms with E-state index >= 15 is 0 Å². The van der Waals surface area contributed by atoms with Gasteiger partial charge < -0.3 is 10.5 Å². The zero-order valence-corrected chi connectivity index (χ0v) is 8.63. The van der Waals surface area contributed by atoms with Gasteiger partial charge in [0, 0.05) is 5.56 Å². The standard InChI is InChI=1S/C8H10ClN3O2/c1-3-4-5(7(13)14-2)11-8(10)12-6(4)9/h3H2,1-2H3,(H2,10,11,12). The zero-order chi connectivity index (χ0) is 10.7. The second-order valence-electron chi connectivity index (χ2n) is 2.54. The summed E-state index contributed by atoms with van der Waals surface area (Å²) in [5, 5.41) is 0.195. The molecule has 0 aliphatic carbocycles. The van der Waals surface area contributed by atoms with Crippen LogP contribution in [0.3, 0.4) is 0 Å². The number of anilines is 1. The largest absolute Gasteiger partial charge is 0.464 e. The van der Waals surface area contributed by atoms with Gasteiger partial charge in [0.05, 0.1) is 7.11 Å². The van der Waals surface area contributed by atoms with Crippen LogP contribution in [-0.4, -0.2) is 23.0 Å². The second kappa shape index (κ2) is 4.23. The first-order valence-electron chi connectivity index (χ1n) is 4.00. The fourth-order valence-electron chi connectivity index (χ4n) is 1.05. The number of carbonyl (C=O) groups is 1. The molecule has 6 heteroatoms. The molecule has 0 aliphatic heterocycles. The Morgan fingerprint density at radius 2 is 2.21 bits per heavy atom. The smallest absolute Gasteiger partial charge is 0.357 e. The second-order valence-corrected chi connectivity index (χ2v) is 2.90. The SMILES string of the molecule is CCc1c(Cl)nc(N)nc1C(=O)OC. The minimum atomic E-state index is -0.558. The van der Waals surface area contributed by atoms with Gasteiger partial charge in [0.1, 0.15) is 5.15 Å². The highest BCUT2D eigenvalue weighted by Crippen LogP contribution is 2.18. The zero-order valence-electron chi connectivity index (χ0n) is 7.87. The molecular weight excluding hydrogens is 206 g/mol. The first-order chi connectivity index (χ1) is 6.60. The van der Waals surface area contributed by atoms with Gasteiger partial charge in [0.2, 0.25) is 5.95 Å². The molecule has 2 N–H and O–H groups in total. The Hall–Kier alpha value is -1.36. The summed E-state index contributed by atoms with van der Waals surface area (Å²) in [7, 11) is 1.27. The predicted octanol–water partition coefficient (Wildman–Crippen LogP) is 1.06. The molecule has 76 valence electrons. The number of rotatable bonds is 2. The molecule has 0 amide bonds. The summed E-state index contributed by atoms with van der Waals surface area (Å²) in [5.41, 5.74) is 6.04. The Labute approximate surface area is 86.2 Å². The molecule has 0 saturated carbocycles. The van der Waals surface area contributed by atoms with E-state index in [0.29, 0.717) is 12.0 Å². The van der Waals surface area contributed by atoms with E-state index in [1.54, 1.807) is 0 Å². The summed E-state index contributed by atoms with van der Waals surface area (Å²) in [6.45, 7) is 1.84. The molecule has 0 saturated heterocycles. The highest BCUT2D eigenvalue weighted by molar-refractivity contribution is 6.30. The number of methoxy groups -OCH3 is 1. The van der Waals surface area contributed by atoms with Gasteiger partial charge in [0.15, 0.2) is 5.69 Å². The number of hydrogen-bond donors (Lipinski definition) is 1. The maximum Gasteiger partial charge on any atom is 0.357 e. The summed E-state index contributed by atoms with van der Waals surface area (Å²) >= 11 is 5.80. The topological polar surface area (TPSA) is 78.1 Å². The van der Waals surface area contributed by atoms with Crippen molar-refractivity contribution in [3.8, 4) is 0 Å². The van der Waals surface area contributed by atoms with Gasteiger partial charge in [0.25, 0.3) is 0 Å². The average molecular weight is 216 g/mol. The third-order valence-corrected chi connectivity index (χ3v) is 2.02. The van der Waals surface area contributed by atoms with Gasteiger partial charge in [-0.1, -0.05) is 18.5 Å². The number of nitrogens with two attached hydrogens (primary N) is 1. The molecule has 1 aromatic heterocycles. The van der Waals surface area contributed by atoms with Crippen molar-refractivity contribution >= 4 is 23.5 Å². The number of ether oxygens (including phenoxy) is 1. The van der Waals surface area contributed by atoms with E-state index in [2.05, 4.69) is 14.7 Å². The molecule has 0 atom stereocenters. The van der Waals surface area contributed by atoms with Crippen LogP contribution < -0.4 is 5.73 Å². The van der Waals surface area contributed by atoms with Crippen LogP contribution >= 0.6 is 11.6 Å². The Morgan fingerprint density at radius 1 is 1.57 bits per heavy atom. The summed E-state index contributed by atoms with van der Waals surface area (Å²) in [6, 6.07) is 0. The van der Waals surface area contributed by atoms with Crippen molar-refractivity contribution in [2.45, 2.75) is 13.3 Å². The molecule has 0 spiro atoms. The highest BCUT2D eigenvalue weighted by Gasteiger charge is 2.17. The van der Waals surface area contributed by atoms with Gasteiger partial charge in [-0.2, -0.15) is 0 Å². The molecule has 0 aliphatic rings. The van der Waals surface area contributed by atoms with E-state index in [1.165, 1.54) is 7.11 Å². The third kappa shape index (κ3) is 1.93. The van der Waals surface area contributed by atoms with Crippen LogP contribution in [0.4, 0.5) is 5.95 Å². The summed E-state index contributed by atoms with van der Waals surface area (Å²) in [5.74, 6) is -0.592. The molecule has 5 nitrogen and oxygen atoms in total. The Morgan fingerprint density at radius 3 is 2.71 bits per heavy atom. The van der Waals surface area contributed by atoms with E-state index in [1.807, 2.05) is 6.92 Å². The molecule has 0 bridgehead atoms. The van der Waals surface area contributed by atoms with Gasteiger partial charge in [-0.05, 0) is 6.42 Å². The van der Waals surface area contributed by atoms with Crippen molar-refractivity contribution in [2.75, 3.05) is 12.8 Å². The van der Waals surface area contributed by atoms with Crippen molar-refractivity contribution < 1.29 is 9.53 Å². The van der Waals surface area contributed by atoms with Crippen molar-refractivity contribution in [2.24, 2.45) is 0 Å². The monoisotopic (exact) mass is 215 g/mol. The Kier molecular flexibility index (Phi) is 3.24. The summed E-state index contributed by atoms with van der Waals surface area (Å²) in [6.07, 6.45) is 0.545. The quantitative estimate of drug-likeness (QED) is 0.590.